The van der Waals surface area contributed by atoms with E-state index in [0.29, 0.717) is 5.41 Å². The average Bonchev–Trinajstić information content (AvgIpc) is 2.18. The zero-order valence-corrected chi connectivity index (χ0v) is 11.3. The fraction of sp³-hybridized carbons (Fsp3) is 1.00. The Kier molecular flexibility index (Phi) is 5.15. The molecule has 0 bridgehead atoms. The summed E-state index contributed by atoms with van der Waals surface area (Å²) in [5, 5.41) is 0. The maximum Gasteiger partial charge on any atom is -0.0326 e. The smallest absolute Gasteiger partial charge is 0.0326 e. The zero-order chi connectivity index (χ0) is 11.3. The number of hydrogen-bond acceptors (Lipinski definition) is 0. The van der Waals surface area contributed by atoms with Crippen molar-refractivity contribution < 1.29 is 0 Å². The lowest BCUT2D eigenvalue weighted by molar-refractivity contribution is 0.112. The Labute approximate surface area is 96.8 Å². The van der Waals surface area contributed by atoms with Crippen LogP contribution in [0.3, 0.4) is 0 Å². The molecule has 0 N–H and O–H groups in total. The van der Waals surface area contributed by atoms with Crippen LogP contribution in [-0.2, 0) is 0 Å². The summed E-state index contributed by atoms with van der Waals surface area (Å²) < 4.78 is 0. The Morgan fingerprint density at radius 2 is 2.00 bits per heavy atom. The monoisotopic (exact) mass is 210 g/mol. The quantitative estimate of drug-likeness (QED) is 0.568. The van der Waals surface area contributed by atoms with Gasteiger partial charge in [0.25, 0.3) is 0 Å². The van der Waals surface area contributed by atoms with Crippen molar-refractivity contribution in [1.82, 2.24) is 0 Å². The minimum atomic E-state index is 0.624. The van der Waals surface area contributed by atoms with Crippen LogP contribution in [0, 0.1) is 17.3 Å². The van der Waals surface area contributed by atoms with E-state index in [1.807, 2.05) is 0 Å². The van der Waals surface area contributed by atoms with Gasteiger partial charge in [-0.25, -0.2) is 0 Å². The highest BCUT2D eigenvalue weighted by atomic mass is 14.4. The molecule has 0 aliphatic heterocycles. The van der Waals surface area contributed by atoms with Gasteiger partial charge in [0, 0.05) is 0 Å². The third kappa shape index (κ3) is 4.17. The van der Waals surface area contributed by atoms with Gasteiger partial charge in [0.2, 0.25) is 0 Å². The molecule has 0 aromatic carbocycles. The first-order chi connectivity index (χ1) is 7.06. The van der Waals surface area contributed by atoms with Crippen molar-refractivity contribution in [3.05, 3.63) is 0 Å². The van der Waals surface area contributed by atoms with E-state index in [1.165, 1.54) is 51.4 Å². The number of rotatable bonds is 5. The molecule has 1 rings (SSSR count). The Morgan fingerprint density at radius 1 is 1.27 bits per heavy atom. The van der Waals surface area contributed by atoms with Gasteiger partial charge in [0.15, 0.2) is 0 Å². The lowest BCUT2D eigenvalue weighted by Crippen LogP contribution is -2.29. The molecule has 1 saturated carbocycles. The summed E-state index contributed by atoms with van der Waals surface area (Å²) in [6.45, 7) is 9.74. The summed E-state index contributed by atoms with van der Waals surface area (Å²) in [6.07, 6.45) is 11.6. The maximum absolute atomic E-state index is 2.49. The van der Waals surface area contributed by atoms with Crippen molar-refractivity contribution in [2.45, 2.75) is 79.1 Å². The van der Waals surface area contributed by atoms with Crippen LogP contribution in [0.15, 0.2) is 0 Å². The molecule has 1 aliphatic rings. The molecule has 0 heterocycles. The van der Waals surface area contributed by atoms with Crippen LogP contribution in [0.5, 0.6) is 0 Å². The fourth-order valence-corrected chi connectivity index (χ4v) is 3.16. The predicted octanol–water partition coefficient (Wildman–Crippen LogP) is 5.42. The van der Waals surface area contributed by atoms with Gasteiger partial charge in [-0.2, -0.15) is 0 Å². The second kappa shape index (κ2) is 5.92. The van der Waals surface area contributed by atoms with E-state index in [2.05, 4.69) is 27.7 Å². The molecule has 0 amide bonds. The molecule has 90 valence electrons. The number of hydrogen-bond donors (Lipinski definition) is 0. The molecular weight excluding hydrogens is 180 g/mol. The normalized spacial score (nSPS) is 27.6. The molecule has 15 heavy (non-hydrogen) atoms. The van der Waals surface area contributed by atoms with E-state index < -0.39 is 0 Å². The van der Waals surface area contributed by atoms with Crippen molar-refractivity contribution in [3.63, 3.8) is 0 Å². The average molecular weight is 210 g/mol. The Hall–Kier alpha value is 0. The molecule has 0 radical (unpaired) electrons. The molecule has 1 aliphatic carbocycles. The van der Waals surface area contributed by atoms with Gasteiger partial charge in [-0.1, -0.05) is 59.8 Å². The van der Waals surface area contributed by atoms with E-state index in [9.17, 15) is 0 Å². The summed E-state index contributed by atoms with van der Waals surface area (Å²) in [7, 11) is 0. The van der Waals surface area contributed by atoms with E-state index in [-0.39, 0.29) is 0 Å². The molecule has 0 saturated heterocycles. The standard InChI is InChI=1S/C15H30/c1-5-6-9-13(2)12-14-10-7-8-11-15(14,3)4/h13-14H,5-12H2,1-4H3. The highest BCUT2D eigenvalue weighted by Crippen LogP contribution is 2.44. The van der Waals surface area contributed by atoms with Gasteiger partial charge in [-0.15, -0.1) is 0 Å². The van der Waals surface area contributed by atoms with Crippen LogP contribution in [-0.4, -0.2) is 0 Å². The minimum absolute atomic E-state index is 0.624. The molecule has 0 aromatic rings. The molecule has 2 atom stereocenters. The SMILES string of the molecule is CCCCC(C)CC1CCCCC1(C)C. The van der Waals surface area contributed by atoms with Gasteiger partial charge in [-0.05, 0) is 36.5 Å². The second-order valence-electron chi connectivity index (χ2n) is 6.41. The second-order valence-corrected chi connectivity index (χ2v) is 6.41. The molecular formula is C15H30. The van der Waals surface area contributed by atoms with Crippen molar-refractivity contribution in [2.75, 3.05) is 0 Å². The Morgan fingerprint density at radius 3 is 2.60 bits per heavy atom. The topological polar surface area (TPSA) is 0 Å². The third-order valence-electron chi connectivity index (χ3n) is 4.47. The number of unbranched alkanes of at least 4 members (excludes halogenated alkanes) is 1. The van der Waals surface area contributed by atoms with E-state index in [1.54, 1.807) is 0 Å². The first-order valence-electron chi connectivity index (χ1n) is 7.06. The van der Waals surface area contributed by atoms with Gasteiger partial charge in [0.05, 0.1) is 0 Å². The van der Waals surface area contributed by atoms with Crippen LogP contribution in [0.4, 0.5) is 0 Å². The molecule has 1 fully saturated rings. The predicted molar refractivity (Wildman–Crippen MR) is 69.0 cm³/mol. The molecule has 0 heteroatoms. The van der Waals surface area contributed by atoms with Crippen LogP contribution in [0.25, 0.3) is 0 Å². The third-order valence-corrected chi connectivity index (χ3v) is 4.47. The lowest BCUT2D eigenvalue weighted by atomic mass is 9.66. The fourth-order valence-electron chi connectivity index (χ4n) is 3.16. The molecule has 0 spiro atoms. The van der Waals surface area contributed by atoms with Gasteiger partial charge in [-0.3, -0.25) is 0 Å². The lowest BCUT2D eigenvalue weighted by Gasteiger charge is -2.40. The Bertz CT molecular complexity index is 169. The summed E-state index contributed by atoms with van der Waals surface area (Å²) >= 11 is 0. The van der Waals surface area contributed by atoms with Crippen LogP contribution >= 0.6 is 0 Å². The van der Waals surface area contributed by atoms with Crippen LogP contribution in [0.1, 0.15) is 79.1 Å². The summed E-state index contributed by atoms with van der Waals surface area (Å²) in [5.74, 6) is 1.95. The highest BCUT2D eigenvalue weighted by Gasteiger charge is 2.32. The van der Waals surface area contributed by atoms with Crippen molar-refractivity contribution >= 4 is 0 Å². The van der Waals surface area contributed by atoms with Gasteiger partial charge >= 0.3 is 0 Å². The van der Waals surface area contributed by atoms with E-state index in [0.717, 1.165) is 11.8 Å². The van der Waals surface area contributed by atoms with Crippen LogP contribution in [0.2, 0.25) is 0 Å². The van der Waals surface area contributed by atoms with E-state index >= 15 is 0 Å². The Balaban J connectivity index is 2.34. The van der Waals surface area contributed by atoms with Crippen molar-refractivity contribution in [1.29, 1.82) is 0 Å². The largest absolute Gasteiger partial charge is 0.0654 e. The van der Waals surface area contributed by atoms with Crippen molar-refractivity contribution in [2.24, 2.45) is 17.3 Å². The molecule has 0 nitrogen and oxygen atoms in total. The highest BCUT2D eigenvalue weighted by molar-refractivity contribution is 4.83. The minimum Gasteiger partial charge on any atom is -0.0654 e. The summed E-state index contributed by atoms with van der Waals surface area (Å²) in [4.78, 5) is 0. The van der Waals surface area contributed by atoms with E-state index in [4.69, 9.17) is 0 Å². The summed E-state index contributed by atoms with van der Waals surface area (Å²) in [6, 6.07) is 0. The molecule has 0 aromatic heterocycles. The van der Waals surface area contributed by atoms with Gasteiger partial charge in [0.1, 0.15) is 0 Å². The first-order valence-corrected chi connectivity index (χ1v) is 7.06. The molecule has 2 unspecified atom stereocenters. The first kappa shape index (κ1) is 13.1. The van der Waals surface area contributed by atoms with Crippen LogP contribution < -0.4 is 0 Å². The van der Waals surface area contributed by atoms with Crippen molar-refractivity contribution in [3.8, 4) is 0 Å². The van der Waals surface area contributed by atoms with Gasteiger partial charge < -0.3 is 0 Å². The summed E-state index contributed by atoms with van der Waals surface area (Å²) in [5.41, 5.74) is 0.624. The maximum atomic E-state index is 2.49. The zero-order valence-electron chi connectivity index (χ0n) is 11.3.